The molecule has 3 saturated heterocycles. The summed E-state index contributed by atoms with van der Waals surface area (Å²) in [6.07, 6.45) is 5.24. The van der Waals surface area contributed by atoms with E-state index in [0.717, 1.165) is 15.8 Å². The van der Waals surface area contributed by atoms with Crippen molar-refractivity contribution >= 4 is 40.9 Å². The van der Waals surface area contributed by atoms with Gasteiger partial charge in [0.1, 0.15) is 4.88 Å². The van der Waals surface area contributed by atoms with Gasteiger partial charge in [-0.15, -0.1) is 11.3 Å². The highest BCUT2D eigenvalue weighted by Crippen LogP contribution is 2.31. The molecule has 3 fully saturated rings. The first-order valence-electron chi connectivity index (χ1n) is 9.76. The van der Waals surface area contributed by atoms with Crippen molar-refractivity contribution in [3.8, 4) is 0 Å². The van der Waals surface area contributed by atoms with Crippen molar-refractivity contribution in [3.63, 3.8) is 0 Å². The first-order valence-corrected chi connectivity index (χ1v) is 11.4. The van der Waals surface area contributed by atoms with Crippen molar-refractivity contribution < 1.29 is 24.6 Å². The second-order valence-corrected chi connectivity index (χ2v) is 9.48. The lowest BCUT2D eigenvalue weighted by Crippen LogP contribution is -2.57. The van der Waals surface area contributed by atoms with Crippen LogP contribution < -0.4 is 5.32 Å². The molecule has 1 aromatic heterocycles. The third kappa shape index (κ3) is 7.20. The van der Waals surface area contributed by atoms with E-state index in [4.69, 9.17) is 10.2 Å². The monoisotopic (exact) mass is 461 g/mol. The SMILES string of the molecule is O=C(N[C@H]1CN2CCC1CC2)c1cnc(Sc2ccccc2)s1.O=C(O)/C=C/C(=O)O. The van der Waals surface area contributed by atoms with Crippen LogP contribution in [0.4, 0.5) is 0 Å². The third-order valence-electron chi connectivity index (χ3n) is 5.00. The van der Waals surface area contributed by atoms with E-state index in [1.807, 2.05) is 18.2 Å². The molecule has 0 aliphatic carbocycles. The van der Waals surface area contributed by atoms with Gasteiger partial charge in [-0.1, -0.05) is 30.0 Å². The lowest BCUT2D eigenvalue weighted by atomic mass is 9.84. The minimum atomic E-state index is -1.26. The molecule has 0 radical (unpaired) electrons. The Kier molecular flexibility index (Phi) is 8.21. The fourth-order valence-electron chi connectivity index (χ4n) is 3.51. The third-order valence-corrected chi connectivity index (χ3v) is 7.08. The molecule has 31 heavy (non-hydrogen) atoms. The number of fused-ring (bicyclic) bond motifs is 3. The van der Waals surface area contributed by atoms with E-state index in [-0.39, 0.29) is 5.91 Å². The van der Waals surface area contributed by atoms with Crippen molar-refractivity contribution in [2.75, 3.05) is 19.6 Å². The number of rotatable bonds is 6. The van der Waals surface area contributed by atoms with Crippen molar-refractivity contribution in [2.24, 2.45) is 5.92 Å². The van der Waals surface area contributed by atoms with E-state index in [0.29, 0.717) is 29.0 Å². The molecule has 3 N–H and O–H groups in total. The van der Waals surface area contributed by atoms with Crippen molar-refractivity contribution in [2.45, 2.75) is 28.1 Å². The predicted octanol–water partition coefficient (Wildman–Crippen LogP) is 2.83. The minimum absolute atomic E-state index is 0.0289. The fourth-order valence-corrected chi connectivity index (χ4v) is 5.39. The maximum atomic E-state index is 12.5. The van der Waals surface area contributed by atoms with Crippen LogP contribution >= 0.6 is 23.1 Å². The summed E-state index contributed by atoms with van der Waals surface area (Å²) in [5, 5.41) is 18.8. The molecule has 1 atom stereocenters. The predicted molar refractivity (Wildman–Crippen MR) is 118 cm³/mol. The smallest absolute Gasteiger partial charge is 0.328 e. The Morgan fingerprint density at radius 2 is 1.74 bits per heavy atom. The summed E-state index contributed by atoms with van der Waals surface area (Å²) in [5.41, 5.74) is 0. The van der Waals surface area contributed by atoms with Crippen LogP contribution in [-0.4, -0.2) is 63.6 Å². The first-order chi connectivity index (χ1) is 14.9. The van der Waals surface area contributed by atoms with Crippen LogP contribution in [0.2, 0.25) is 0 Å². The molecule has 3 aliphatic rings. The lowest BCUT2D eigenvalue weighted by Gasteiger charge is -2.44. The van der Waals surface area contributed by atoms with E-state index in [2.05, 4.69) is 27.3 Å². The molecule has 0 unspecified atom stereocenters. The Morgan fingerprint density at radius 3 is 2.29 bits per heavy atom. The van der Waals surface area contributed by atoms with E-state index in [1.54, 1.807) is 18.0 Å². The number of carboxylic acid groups (broad SMARTS) is 2. The number of nitrogens with zero attached hydrogens (tertiary/aromatic N) is 2. The quantitative estimate of drug-likeness (QED) is 0.562. The highest BCUT2D eigenvalue weighted by atomic mass is 32.2. The molecule has 2 aromatic rings. The molecule has 1 amide bonds. The summed E-state index contributed by atoms with van der Waals surface area (Å²) >= 11 is 3.07. The molecule has 3 aliphatic heterocycles. The van der Waals surface area contributed by atoms with Crippen LogP contribution in [0.3, 0.4) is 0 Å². The average Bonchev–Trinajstić information content (AvgIpc) is 3.23. The normalized spacial score (nSPS) is 21.9. The van der Waals surface area contributed by atoms with E-state index < -0.39 is 11.9 Å². The lowest BCUT2D eigenvalue weighted by molar-refractivity contribution is -0.134. The van der Waals surface area contributed by atoms with Crippen LogP contribution in [0.1, 0.15) is 22.5 Å². The van der Waals surface area contributed by atoms with Gasteiger partial charge in [-0.2, -0.15) is 0 Å². The van der Waals surface area contributed by atoms with Gasteiger partial charge in [0.2, 0.25) is 0 Å². The maximum absolute atomic E-state index is 12.5. The molecule has 164 valence electrons. The van der Waals surface area contributed by atoms with Crippen LogP contribution in [0.25, 0.3) is 0 Å². The van der Waals surface area contributed by atoms with Crippen LogP contribution in [-0.2, 0) is 9.59 Å². The van der Waals surface area contributed by atoms with Crippen LogP contribution in [0.5, 0.6) is 0 Å². The topological polar surface area (TPSA) is 120 Å². The molecular weight excluding hydrogens is 438 g/mol. The molecule has 1 aromatic carbocycles. The highest BCUT2D eigenvalue weighted by Gasteiger charge is 2.35. The van der Waals surface area contributed by atoms with E-state index >= 15 is 0 Å². The zero-order chi connectivity index (χ0) is 22.2. The van der Waals surface area contributed by atoms with Gasteiger partial charge in [0, 0.05) is 29.6 Å². The molecule has 0 saturated carbocycles. The van der Waals surface area contributed by atoms with Gasteiger partial charge in [0.25, 0.3) is 5.91 Å². The average molecular weight is 462 g/mol. The molecule has 0 spiro atoms. The van der Waals surface area contributed by atoms with Crippen LogP contribution in [0, 0.1) is 5.92 Å². The number of amides is 1. The number of aromatic nitrogens is 1. The van der Waals surface area contributed by atoms with E-state index in [1.165, 1.54) is 37.3 Å². The molecule has 2 bridgehead atoms. The number of aliphatic carboxylic acids is 2. The number of carboxylic acids is 2. The highest BCUT2D eigenvalue weighted by molar-refractivity contribution is 8.01. The fraction of sp³-hybridized carbons (Fsp3) is 0.333. The summed E-state index contributed by atoms with van der Waals surface area (Å²) < 4.78 is 0.912. The molecular formula is C21H23N3O5S2. The largest absolute Gasteiger partial charge is 0.478 e. The second kappa shape index (κ2) is 11.1. The summed E-state index contributed by atoms with van der Waals surface area (Å²) in [6.45, 7) is 3.38. The standard InChI is InChI=1S/C17H19N3OS2.C4H4O4/c21-16(19-14-11-20-8-6-12(14)7-9-20)15-10-18-17(23-15)22-13-4-2-1-3-5-13;5-3(6)1-2-4(7)8/h1-5,10,12,14H,6-9,11H2,(H,19,21);1-2H,(H,5,6)(H,7,8)/b;2-1+/t14-;/m0./s1. The summed E-state index contributed by atoms with van der Waals surface area (Å²) in [4.78, 5) is 40.3. The molecule has 8 nitrogen and oxygen atoms in total. The van der Waals surface area contributed by atoms with Crippen molar-refractivity contribution in [1.29, 1.82) is 0 Å². The summed E-state index contributed by atoms with van der Waals surface area (Å²) in [7, 11) is 0. The number of piperidine rings is 3. The van der Waals surface area contributed by atoms with Gasteiger partial charge in [0.15, 0.2) is 4.34 Å². The van der Waals surface area contributed by atoms with Gasteiger partial charge >= 0.3 is 11.9 Å². The molecule has 4 heterocycles. The number of carbonyl (C=O) groups excluding carboxylic acids is 1. The van der Waals surface area contributed by atoms with Gasteiger partial charge in [-0.3, -0.25) is 4.79 Å². The Bertz CT molecular complexity index is 924. The zero-order valence-corrected chi connectivity index (χ0v) is 18.3. The number of benzene rings is 1. The molecule has 10 heteroatoms. The number of hydrogen-bond acceptors (Lipinski definition) is 7. The van der Waals surface area contributed by atoms with E-state index in [9.17, 15) is 14.4 Å². The summed E-state index contributed by atoms with van der Waals surface area (Å²) in [5.74, 6) is -1.84. The van der Waals surface area contributed by atoms with Crippen molar-refractivity contribution in [3.05, 3.63) is 53.6 Å². The maximum Gasteiger partial charge on any atom is 0.328 e. The number of hydrogen-bond donors (Lipinski definition) is 3. The number of nitrogens with one attached hydrogen (secondary N) is 1. The Morgan fingerprint density at radius 1 is 1.10 bits per heavy atom. The Labute approximate surface area is 188 Å². The summed E-state index contributed by atoms with van der Waals surface area (Å²) in [6, 6.07) is 10.4. The van der Waals surface area contributed by atoms with Gasteiger partial charge < -0.3 is 20.4 Å². The zero-order valence-electron chi connectivity index (χ0n) is 16.6. The molecule has 5 rings (SSSR count). The van der Waals surface area contributed by atoms with Gasteiger partial charge in [0.05, 0.1) is 6.20 Å². The Balaban J connectivity index is 0.000000293. The van der Waals surface area contributed by atoms with Gasteiger partial charge in [-0.05, 0) is 44.0 Å². The first kappa shape index (κ1) is 23.0. The second-order valence-electron chi connectivity index (χ2n) is 7.13. The number of thiazole rings is 1. The Hall–Kier alpha value is -2.69. The number of carbonyl (C=O) groups is 3. The minimum Gasteiger partial charge on any atom is -0.478 e. The van der Waals surface area contributed by atoms with Crippen molar-refractivity contribution in [1.82, 2.24) is 15.2 Å². The van der Waals surface area contributed by atoms with Gasteiger partial charge in [-0.25, -0.2) is 14.6 Å². The van der Waals surface area contributed by atoms with Crippen LogP contribution in [0.15, 0.2) is 57.9 Å².